The van der Waals surface area contributed by atoms with E-state index < -0.39 is 0 Å². The Hall–Kier alpha value is -1.83. The Morgan fingerprint density at radius 2 is 2.00 bits per heavy atom. The molecule has 0 aliphatic heterocycles. The van der Waals surface area contributed by atoms with Gasteiger partial charge in [0.25, 0.3) is 0 Å². The molecule has 0 spiro atoms. The van der Waals surface area contributed by atoms with E-state index in [1.807, 2.05) is 36.5 Å². The Bertz CT molecular complexity index is 687. The minimum Gasteiger partial charge on any atom is -0.477 e. The molecule has 0 amide bonds. The fourth-order valence-corrected chi connectivity index (χ4v) is 2.50. The highest BCUT2D eigenvalue weighted by Gasteiger charge is 2.22. The van der Waals surface area contributed by atoms with Crippen molar-refractivity contribution in [3.8, 4) is 5.88 Å². The predicted molar refractivity (Wildman–Crippen MR) is 116 cm³/mol. The Kier molecular flexibility index (Phi) is 8.15. The summed E-state index contributed by atoms with van der Waals surface area (Å²) in [5, 5.41) is 6.72. The summed E-state index contributed by atoms with van der Waals surface area (Å²) in [6, 6.07) is 14.5. The first-order chi connectivity index (χ1) is 12.2. The minimum absolute atomic E-state index is 0. The van der Waals surface area contributed by atoms with Gasteiger partial charge in [-0.1, -0.05) is 36.4 Å². The van der Waals surface area contributed by atoms with Crippen molar-refractivity contribution in [1.82, 2.24) is 15.6 Å². The number of nitrogens with zero attached hydrogens (tertiary/aromatic N) is 2. The van der Waals surface area contributed by atoms with Crippen molar-refractivity contribution in [3.63, 3.8) is 0 Å². The van der Waals surface area contributed by atoms with E-state index in [9.17, 15) is 0 Å². The van der Waals surface area contributed by atoms with E-state index in [0.29, 0.717) is 12.4 Å². The second-order valence-electron chi connectivity index (χ2n) is 6.46. The van der Waals surface area contributed by atoms with Gasteiger partial charge in [0.2, 0.25) is 5.88 Å². The smallest absolute Gasteiger partial charge is 0.213 e. The highest BCUT2D eigenvalue weighted by Crippen LogP contribution is 2.29. The van der Waals surface area contributed by atoms with Crippen LogP contribution in [0.3, 0.4) is 0 Å². The molecule has 1 heterocycles. The SMILES string of the molecule is CN=C(NCc1ccc(OCC2CC2)nc1)NC(C)c1ccccc1.I. The third kappa shape index (κ3) is 6.48. The topological polar surface area (TPSA) is 58.5 Å². The molecule has 140 valence electrons. The zero-order valence-electron chi connectivity index (χ0n) is 15.3. The van der Waals surface area contributed by atoms with Crippen LogP contribution in [0, 0.1) is 5.92 Å². The van der Waals surface area contributed by atoms with Gasteiger partial charge in [-0.25, -0.2) is 4.98 Å². The van der Waals surface area contributed by atoms with E-state index in [1.165, 1.54) is 18.4 Å². The van der Waals surface area contributed by atoms with E-state index in [2.05, 4.69) is 39.7 Å². The van der Waals surface area contributed by atoms with Crippen LogP contribution in [0.4, 0.5) is 0 Å². The average molecular weight is 466 g/mol. The lowest BCUT2D eigenvalue weighted by Gasteiger charge is -2.18. The number of guanidine groups is 1. The van der Waals surface area contributed by atoms with Crippen LogP contribution in [0.2, 0.25) is 0 Å². The molecule has 6 heteroatoms. The van der Waals surface area contributed by atoms with Crippen LogP contribution in [0.15, 0.2) is 53.7 Å². The second-order valence-corrected chi connectivity index (χ2v) is 6.46. The fraction of sp³-hybridized carbons (Fsp3) is 0.400. The van der Waals surface area contributed by atoms with E-state index in [0.717, 1.165) is 24.0 Å². The van der Waals surface area contributed by atoms with Crippen molar-refractivity contribution < 1.29 is 4.74 Å². The minimum atomic E-state index is 0. The average Bonchev–Trinajstić information content (AvgIpc) is 3.49. The number of benzene rings is 1. The molecule has 1 aromatic carbocycles. The van der Waals surface area contributed by atoms with Crippen LogP contribution in [0.25, 0.3) is 0 Å². The first-order valence-electron chi connectivity index (χ1n) is 8.84. The number of aliphatic imine (C=N–C) groups is 1. The van der Waals surface area contributed by atoms with E-state index >= 15 is 0 Å². The van der Waals surface area contributed by atoms with E-state index in [4.69, 9.17) is 4.74 Å². The molecule has 1 saturated carbocycles. The molecule has 1 atom stereocenters. The molecule has 0 bridgehead atoms. The number of rotatable bonds is 7. The standard InChI is InChI=1S/C20H26N4O.HI/c1-15(18-6-4-3-5-7-18)24-20(21-2)23-13-17-10-11-19(22-12-17)25-14-16-8-9-16;/h3-7,10-12,15-16H,8-9,13-14H2,1-2H3,(H2,21,23,24);1H. The third-order valence-corrected chi connectivity index (χ3v) is 4.30. The quantitative estimate of drug-likeness (QED) is 0.369. The van der Waals surface area contributed by atoms with Crippen molar-refractivity contribution in [2.24, 2.45) is 10.9 Å². The Balaban J connectivity index is 0.00000243. The van der Waals surface area contributed by atoms with Gasteiger partial charge in [0, 0.05) is 25.9 Å². The summed E-state index contributed by atoms with van der Waals surface area (Å²) in [7, 11) is 1.78. The summed E-state index contributed by atoms with van der Waals surface area (Å²) in [6.07, 6.45) is 4.42. The molecular formula is C20H27IN4O. The number of aromatic nitrogens is 1. The molecule has 26 heavy (non-hydrogen) atoms. The molecule has 1 fully saturated rings. The van der Waals surface area contributed by atoms with Gasteiger partial charge in [0.05, 0.1) is 12.6 Å². The summed E-state index contributed by atoms with van der Waals surface area (Å²) in [5.74, 6) is 2.21. The van der Waals surface area contributed by atoms with Gasteiger partial charge in [-0.3, -0.25) is 4.99 Å². The molecule has 5 nitrogen and oxygen atoms in total. The maximum absolute atomic E-state index is 5.67. The van der Waals surface area contributed by atoms with Crippen LogP contribution in [0.5, 0.6) is 5.88 Å². The van der Waals surface area contributed by atoms with Crippen molar-refractivity contribution in [2.45, 2.75) is 32.4 Å². The summed E-state index contributed by atoms with van der Waals surface area (Å²) in [4.78, 5) is 8.66. The highest BCUT2D eigenvalue weighted by molar-refractivity contribution is 14.0. The predicted octanol–water partition coefficient (Wildman–Crippen LogP) is 3.91. The largest absolute Gasteiger partial charge is 0.477 e. The normalized spacial score (nSPS) is 14.9. The number of nitrogens with one attached hydrogen (secondary N) is 2. The molecule has 0 saturated heterocycles. The molecule has 1 aliphatic carbocycles. The lowest BCUT2D eigenvalue weighted by Crippen LogP contribution is -2.38. The van der Waals surface area contributed by atoms with Gasteiger partial charge in [-0.15, -0.1) is 24.0 Å². The van der Waals surface area contributed by atoms with E-state index in [-0.39, 0.29) is 30.0 Å². The van der Waals surface area contributed by atoms with Gasteiger partial charge >= 0.3 is 0 Å². The van der Waals surface area contributed by atoms with Crippen molar-refractivity contribution in [1.29, 1.82) is 0 Å². The van der Waals surface area contributed by atoms with Crippen molar-refractivity contribution in [3.05, 3.63) is 59.8 Å². The van der Waals surface area contributed by atoms with Crippen molar-refractivity contribution >= 4 is 29.9 Å². The number of ether oxygens (including phenoxy) is 1. The molecular weight excluding hydrogens is 439 g/mol. The van der Waals surface area contributed by atoms with E-state index in [1.54, 1.807) is 7.05 Å². The molecule has 1 aliphatic rings. The molecule has 2 N–H and O–H groups in total. The summed E-state index contributed by atoms with van der Waals surface area (Å²) in [6.45, 7) is 3.57. The molecule has 1 unspecified atom stereocenters. The maximum Gasteiger partial charge on any atom is 0.213 e. The van der Waals surface area contributed by atoms with Crippen LogP contribution in [0.1, 0.15) is 36.9 Å². The lowest BCUT2D eigenvalue weighted by molar-refractivity contribution is 0.288. The Morgan fingerprint density at radius 3 is 2.62 bits per heavy atom. The van der Waals surface area contributed by atoms with Gasteiger partial charge in [0.1, 0.15) is 0 Å². The van der Waals surface area contributed by atoms with Gasteiger partial charge in [-0.05, 0) is 36.8 Å². The highest BCUT2D eigenvalue weighted by atomic mass is 127. The fourth-order valence-electron chi connectivity index (χ4n) is 2.50. The van der Waals surface area contributed by atoms with Crippen LogP contribution in [-0.4, -0.2) is 24.6 Å². The number of halogens is 1. The van der Waals surface area contributed by atoms with Gasteiger partial charge in [0.15, 0.2) is 5.96 Å². The molecule has 3 rings (SSSR count). The monoisotopic (exact) mass is 466 g/mol. The van der Waals surface area contributed by atoms with Crippen LogP contribution >= 0.6 is 24.0 Å². The second kappa shape index (κ2) is 10.4. The number of hydrogen-bond acceptors (Lipinski definition) is 3. The zero-order valence-corrected chi connectivity index (χ0v) is 17.6. The first-order valence-corrected chi connectivity index (χ1v) is 8.84. The third-order valence-electron chi connectivity index (χ3n) is 4.30. The number of pyridine rings is 1. The molecule has 2 aromatic rings. The first kappa shape index (κ1) is 20.5. The summed E-state index contributed by atoms with van der Waals surface area (Å²) < 4.78 is 5.67. The maximum atomic E-state index is 5.67. The van der Waals surface area contributed by atoms with Crippen molar-refractivity contribution in [2.75, 3.05) is 13.7 Å². The Morgan fingerprint density at radius 1 is 1.23 bits per heavy atom. The summed E-state index contributed by atoms with van der Waals surface area (Å²) in [5.41, 5.74) is 2.32. The van der Waals surface area contributed by atoms with Gasteiger partial charge in [-0.2, -0.15) is 0 Å². The zero-order chi connectivity index (χ0) is 17.5. The van der Waals surface area contributed by atoms with Crippen LogP contribution in [-0.2, 0) is 6.54 Å². The van der Waals surface area contributed by atoms with Crippen LogP contribution < -0.4 is 15.4 Å². The Labute approximate surface area is 172 Å². The van der Waals surface area contributed by atoms with Gasteiger partial charge < -0.3 is 15.4 Å². The summed E-state index contributed by atoms with van der Waals surface area (Å²) >= 11 is 0. The molecule has 0 radical (unpaired) electrons. The molecule has 1 aromatic heterocycles. The lowest BCUT2D eigenvalue weighted by atomic mass is 10.1. The number of hydrogen-bond donors (Lipinski definition) is 2.